The third-order valence-corrected chi connectivity index (χ3v) is 7.21. The van der Waals surface area contributed by atoms with Crippen LogP contribution in [-0.4, -0.2) is 54.6 Å². The molecule has 11 nitrogen and oxygen atoms in total. The molecule has 226 valence electrons. The summed E-state index contributed by atoms with van der Waals surface area (Å²) in [7, 11) is 0. The second kappa shape index (κ2) is 15.6. The zero-order valence-corrected chi connectivity index (χ0v) is 24.4. The third kappa shape index (κ3) is 8.69. The third-order valence-electron chi connectivity index (χ3n) is 7.21. The van der Waals surface area contributed by atoms with E-state index in [9.17, 15) is 19.8 Å². The van der Waals surface area contributed by atoms with Gasteiger partial charge in [0.1, 0.15) is 12.6 Å². The molecule has 0 saturated heterocycles. The van der Waals surface area contributed by atoms with Crippen molar-refractivity contribution in [3.8, 4) is 0 Å². The average Bonchev–Trinajstić information content (AvgIpc) is 3.45. The number of aromatic nitrogens is 4. The monoisotopic (exact) mass is 586 g/mol. The Kier molecular flexibility index (Phi) is 11.3. The van der Waals surface area contributed by atoms with Crippen molar-refractivity contribution in [1.82, 2.24) is 24.8 Å². The molecule has 0 bridgehead atoms. The molecule has 0 aliphatic rings. The summed E-state index contributed by atoms with van der Waals surface area (Å²) in [6.07, 6.45) is 8.11. The average molecular weight is 587 g/mol. The topological polar surface area (TPSA) is 151 Å². The van der Waals surface area contributed by atoms with Gasteiger partial charge in [-0.1, -0.05) is 68.0 Å². The lowest BCUT2D eigenvalue weighted by atomic mass is 9.92. The fourth-order valence-electron chi connectivity index (χ4n) is 4.97. The van der Waals surface area contributed by atoms with E-state index in [1.807, 2.05) is 49.4 Å². The molecule has 11 heteroatoms. The molecule has 2 aromatic carbocycles. The number of fused-ring (bicyclic) bond motifs is 1. The van der Waals surface area contributed by atoms with Crippen molar-refractivity contribution in [3.05, 3.63) is 90.0 Å². The minimum Gasteiger partial charge on any atom is -0.478 e. The number of aliphatic hydroxyl groups excluding tert-OH is 1. The van der Waals surface area contributed by atoms with E-state index in [1.165, 1.54) is 6.33 Å². The normalized spacial score (nSPS) is 13.6. The van der Waals surface area contributed by atoms with E-state index in [2.05, 4.69) is 32.5 Å². The maximum Gasteiger partial charge on any atom is 0.335 e. The van der Waals surface area contributed by atoms with Gasteiger partial charge in [-0.05, 0) is 61.8 Å². The number of carboxylic acids is 1. The molecule has 2 amide bonds. The highest BCUT2D eigenvalue weighted by molar-refractivity contribution is 5.95. The maximum absolute atomic E-state index is 12.2. The van der Waals surface area contributed by atoms with Gasteiger partial charge in [-0.15, -0.1) is 0 Å². The van der Waals surface area contributed by atoms with Gasteiger partial charge in [-0.25, -0.2) is 24.5 Å². The Hall–Kier alpha value is -4.61. The van der Waals surface area contributed by atoms with Crippen LogP contribution in [0.25, 0.3) is 17.2 Å². The number of carbonyl (C=O) groups is 2. The van der Waals surface area contributed by atoms with Crippen LogP contribution in [0.4, 0.5) is 10.6 Å². The number of anilines is 1. The first kappa shape index (κ1) is 31.3. The minimum absolute atomic E-state index is 0.194. The highest BCUT2D eigenvalue weighted by Crippen LogP contribution is 2.30. The highest BCUT2D eigenvalue weighted by Gasteiger charge is 2.24. The molecule has 3 atom stereocenters. The van der Waals surface area contributed by atoms with E-state index in [0.29, 0.717) is 36.1 Å². The predicted molar refractivity (Wildman–Crippen MR) is 164 cm³/mol. The first-order valence-electron chi connectivity index (χ1n) is 14.5. The molecule has 0 saturated carbocycles. The number of aromatic carboxylic acids is 1. The van der Waals surface area contributed by atoms with Gasteiger partial charge in [0.15, 0.2) is 23.3 Å². The molecule has 43 heavy (non-hydrogen) atoms. The van der Waals surface area contributed by atoms with Crippen molar-refractivity contribution in [2.75, 3.05) is 11.9 Å². The summed E-state index contributed by atoms with van der Waals surface area (Å²) in [6.45, 7) is 4.37. The molecule has 0 spiro atoms. The first-order chi connectivity index (χ1) is 20.9. The number of carboxylic acid groups (broad SMARTS) is 1. The van der Waals surface area contributed by atoms with Gasteiger partial charge in [0.25, 0.3) is 0 Å². The Balaban J connectivity index is 1.55. The van der Waals surface area contributed by atoms with Crippen molar-refractivity contribution >= 4 is 35.1 Å². The number of ether oxygens (including phenoxy) is 1. The zero-order chi connectivity index (χ0) is 30.6. The number of urea groups is 1. The van der Waals surface area contributed by atoms with E-state index < -0.39 is 24.5 Å². The highest BCUT2D eigenvalue weighted by atomic mass is 16.6. The minimum atomic E-state index is -1.21. The first-order valence-corrected chi connectivity index (χ1v) is 14.5. The number of hydrogen-bond acceptors (Lipinski definition) is 7. The predicted octanol–water partition coefficient (Wildman–Crippen LogP) is 5.65. The summed E-state index contributed by atoms with van der Waals surface area (Å²) in [4.78, 5) is 36.9. The number of amides is 2. The second-order valence-corrected chi connectivity index (χ2v) is 10.1. The summed E-state index contributed by atoms with van der Waals surface area (Å²) < 4.78 is 7.94. The van der Waals surface area contributed by atoms with Crippen LogP contribution < -0.4 is 10.6 Å². The molecule has 2 heterocycles. The lowest BCUT2D eigenvalue weighted by molar-refractivity contribution is -0.138. The number of nitrogens with zero attached hydrogens (tertiary/aromatic N) is 4. The summed E-state index contributed by atoms with van der Waals surface area (Å²) in [5, 5.41) is 25.8. The quantitative estimate of drug-likeness (QED) is 0.130. The second-order valence-electron chi connectivity index (χ2n) is 10.1. The molecule has 4 N–H and O–H groups in total. The molecule has 4 aromatic rings. The number of benzene rings is 2. The van der Waals surface area contributed by atoms with Crippen molar-refractivity contribution in [2.24, 2.45) is 5.92 Å². The fourth-order valence-corrected chi connectivity index (χ4v) is 4.97. The van der Waals surface area contributed by atoms with E-state index >= 15 is 0 Å². The van der Waals surface area contributed by atoms with E-state index in [-0.39, 0.29) is 11.7 Å². The van der Waals surface area contributed by atoms with Crippen molar-refractivity contribution in [1.29, 1.82) is 0 Å². The van der Waals surface area contributed by atoms with Crippen molar-refractivity contribution in [2.45, 2.75) is 58.5 Å². The molecule has 2 unspecified atom stereocenters. The summed E-state index contributed by atoms with van der Waals surface area (Å²) >= 11 is 0. The van der Waals surface area contributed by atoms with Gasteiger partial charge in [0, 0.05) is 6.54 Å². The van der Waals surface area contributed by atoms with Crippen LogP contribution in [0.5, 0.6) is 0 Å². The van der Waals surface area contributed by atoms with E-state index in [4.69, 9.17) is 4.74 Å². The Morgan fingerprint density at radius 3 is 2.56 bits per heavy atom. The number of imidazole rings is 1. The number of rotatable bonds is 15. The van der Waals surface area contributed by atoms with Gasteiger partial charge in [0.05, 0.1) is 11.9 Å². The Morgan fingerprint density at radius 2 is 1.81 bits per heavy atom. The molecule has 0 radical (unpaired) electrons. The van der Waals surface area contributed by atoms with Crippen LogP contribution in [0.2, 0.25) is 0 Å². The Bertz CT molecular complexity index is 1520. The van der Waals surface area contributed by atoms with Gasteiger partial charge >= 0.3 is 12.0 Å². The van der Waals surface area contributed by atoms with Gasteiger partial charge in [-0.3, -0.25) is 9.88 Å². The molecule has 4 rings (SSSR count). The number of aliphatic hydroxyl groups is 1. The Morgan fingerprint density at radius 1 is 1.05 bits per heavy atom. The molecule has 0 fully saturated rings. The van der Waals surface area contributed by atoms with Gasteiger partial charge < -0.3 is 20.3 Å². The molecule has 0 aliphatic carbocycles. The van der Waals surface area contributed by atoms with Crippen LogP contribution in [0.1, 0.15) is 67.2 Å². The van der Waals surface area contributed by atoms with Crippen LogP contribution in [-0.2, 0) is 11.2 Å². The van der Waals surface area contributed by atoms with Crippen LogP contribution >= 0.6 is 0 Å². The van der Waals surface area contributed by atoms with Crippen molar-refractivity contribution in [3.63, 3.8) is 0 Å². The maximum atomic E-state index is 12.2. The standard InChI is InChI=1S/C32H38N6O5/c1-3-22(13-10-15-24-14-8-9-16-25(24)31(40)41)19-26(43-27(39)18-17-23-11-6-5-7-12-23)38-21-36-28-29(34-20-35-30(28)38)37-32(42)33-4-2/h5-9,11-12,14,16-18,20-22,26-27,39H,3-4,10,13,15,19H2,1-2H3,(H,40,41)(H2,33,34,35,37,42)/b18-17+/t22?,26?,27-/m0/s1. The van der Waals surface area contributed by atoms with E-state index in [1.54, 1.807) is 35.2 Å². The lowest BCUT2D eigenvalue weighted by Crippen LogP contribution is -2.28. The van der Waals surface area contributed by atoms with Crippen LogP contribution in [0, 0.1) is 5.92 Å². The number of nitrogens with one attached hydrogen (secondary N) is 2. The largest absolute Gasteiger partial charge is 0.478 e. The fraction of sp³-hybridized carbons (Fsp3) is 0.344. The zero-order valence-electron chi connectivity index (χ0n) is 24.4. The number of carbonyl (C=O) groups excluding carboxylic acids is 1. The van der Waals surface area contributed by atoms with Crippen LogP contribution in [0.15, 0.2) is 73.3 Å². The van der Waals surface area contributed by atoms with Gasteiger partial charge in [0.2, 0.25) is 0 Å². The van der Waals surface area contributed by atoms with Gasteiger partial charge in [-0.2, -0.15) is 0 Å². The number of hydrogen-bond donors (Lipinski definition) is 4. The summed E-state index contributed by atoms with van der Waals surface area (Å²) in [5.41, 5.74) is 2.91. The molecule has 0 aliphatic heterocycles. The van der Waals surface area contributed by atoms with E-state index in [0.717, 1.165) is 30.4 Å². The smallest absolute Gasteiger partial charge is 0.335 e. The summed E-state index contributed by atoms with van der Waals surface area (Å²) in [6, 6.07) is 16.3. The summed E-state index contributed by atoms with van der Waals surface area (Å²) in [5.74, 6) is -0.467. The molecular formula is C32H38N6O5. The lowest BCUT2D eigenvalue weighted by Gasteiger charge is -2.26. The Labute approximate surface area is 250 Å². The van der Waals surface area contributed by atoms with Crippen LogP contribution in [0.3, 0.4) is 0 Å². The number of aryl methyl sites for hydroxylation is 1. The molecule has 2 aromatic heterocycles. The molecular weight excluding hydrogens is 548 g/mol. The van der Waals surface area contributed by atoms with Crippen molar-refractivity contribution < 1.29 is 24.5 Å². The SMILES string of the molecule is CCNC(=O)Nc1ncnc2c1ncn2C(CC(CC)CCCc1ccccc1C(=O)O)O[C@H](O)/C=C/c1ccccc1.